The first-order valence-corrected chi connectivity index (χ1v) is 5.69. The fourth-order valence-electron chi connectivity index (χ4n) is 1.16. The van der Waals surface area contributed by atoms with Gasteiger partial charge in [-0.25, -0.2) is 0 Å². The molecule has 14 heavy (non-hydrogen) atoms. The topological polar surface area (TPSA) is 41.5 Å². The zero-order valence-electron chi connectivity index (χ0n) is 9.81. The molecule has 0 aromatic heterocycles. The first-order chi connectivity index (χ1) is 6.68. The minimum atomic E-state index is -0.620. The molecule has 3 heteroatoms. The summed E-state index contributed by atoms with van der Waals surface area (Å²) >= 11 is 0. The molecular weight excluding hydrogens is 178 g/mol. The van der Waals surface area contributed by atoms with E-state index in [0.717, 1.165) is 32.4 Å². The summed E-state index contributed by atoms with van der Waals surface area (Å²) in [5.41, 5.74) is -0.620. The van der Waals surface area contributed by atoms with Crippen LogP contribution in [-0.4, -0.2) is 37.0 Å². The molecule has 0 spiro atoms. The first kappa shape index (κ1) is 13.9. The Hall–Kier alpha value is -0.120. The van der Waals surface area contributed by atoms with E-state index in [-0.39, 0.29) is 0 Å². The summed E-state index contributed by atoms with van der Waals surface area (Å²) in [7, 11) is 0. The van der Waals surface area contributed by atoms with E-state index in [4.69, 9.17) is 4.74 Å². The highest BCUT2D eigenvalue weighted by atomic mass is 16.5. The van der Waals surface area contributed by atoms with Crippen LogP contribution >= 0.6 is 0 Å². The second kappa shape index (κ2) is 8.21. The van der Waals surface area contributed by atoms with E-state index < -0.39 is 5.60 Å². The molecule has 0 fully saturated rings. The Morgan fingerprint density at radius 1 is 1.14 bits per heavy atom. The van der Waals surface area contributed by atoms with Gasteiger partial charge in [0.15, 0.2) is 0 Å². The lowest BCUT2D eigenvalue weighted by Gasteiger charge is -2.24. The van der Waals surface area contributed by atoms with Crippen molar-refractivity contribution in [2.75, 3.05) is 26.3 Å². The van der Waals surface area contributed by atoms with Gasteiger partial charge in [-0.2, -0.15) is 0 Å². The highest BCUT2D eigenvalue weighted by molar-refractivity contribution is 4.73. The van der Waals surface area contributed by atoms with E-state index in [2.05, 4.69) is 12.2 Å². The molecule has 0 atom stereocenters. The van der Waals surface area contributed by atoms with Gasteiger partial charge < -0.3 is 15.2 Å². The van der Waals surface area contributed by atoms with Gasteiger partial charge >= 0.3 is 0 Å². The Morgan fingerprint density at radius 3 is 2.29 bits per heavy atom. The summed E-state index contributed by atoms with van der Waals surface area (Å²) < 4.78 is 5.41. The molecule has 0 radical (unpaired) electrons. The van der Waals surface area contributed by atoms with E-state index in [9.17, 15) is 5.11 Å². The highest BCUT2D eigenvalue weighted by Crippen LogP contribution is 2.14. The van der Waals surface area contributed by atoms with Crippen LogP contribution in [0.3, 0.4) is 0 Å². The van der Waals surface area contributed by atoms with Crippen LogP contribution in [0.4, 0.5) is 0 Å². The molecule has 3 nitrogen and oxygen atoms in total. The number of aliphatic hydroxyl groups is 1. The summed E-state index contributed by atoms with van der Waals surface area (Å²) in [6.45, 7) is 9.16. The monoisotopic (exact) mass is 203 g/mol. The fourth-order valence-corrected chi connectivity index (χ4v) is 1.16. The van der Waals surface area contributed by atoms with Crippen molar-refractivity contribution in [3.8, 4) is 0 Å². The van der Waals surface area contributed by atoms with Gasteiger partial charge in [0, 0.05) is 6.54 Å². The van der Waals surface area contributed by atoms with Crippen molar-refractivity contribution in [2.45, 2.75) is 45.6 Å². The smallest absolute Gasteiger partial charge is 0.0874 e. The Kier molecular flexibility index (Phi) is 8.14. The van der Waals surface area contributed by atoms with E-state index in [1.165, 1.54) is 0 Å². The molecule has 0 aliphatic heterocycles. The van der Waals surface area contributed by atoms with Crippen LogP contribution in [0.25, 0.3) is 0 Å². The van der Waals surface area contributed by atoms with Crippen LogP contribution in [0.1, 0.15) is 40.0 Å². The van der Waals surface area contributed by atoms with Gasteiger partial charge in [-0.05, 0) is 25.8 Å². The van der Waals surface area contributed by atoms with Crippen LogP contribution in [0, 0.1) is 0 Å². The zero-order valence-corrected chi connectivity index (χ0v) is 9.81. The summed E-state index contributed by atoms with van der Waals surface area (Å²) in [4.78, 5) is 0. The van der Waals surface area contributed by atoms with E-state index >= 15 is 0 Å². The lowest BCUT2D eigenvalue weighted by Crippen LogP contribution is -2.34. The maximum atomic E-state index is 9.89. The van der Waals surface area contributed by atoms with E-state index in [1.54, 1.807) is 0 Å². The third kappa shape index (κ3) is 6.35. The lowest BCUT2D eigenvalue weighted by atomic mass is 9.99. The van der Waals surface area contributed by atoms with Crippen molar-refractivity contribution in [3.05, 3.63) is 0 Å². The molecule has 2 N–H and O–H groups in total. The minimum Gasteiger partial charge on any atom is -0.388 e. The van der Waals surface area contributed by atoms with Crippen LogP contribution in [-0.2, 0) is 4.74 Å². The number of hydrogen-bond acceptors (Lipinski definition) is 3. The number of nitrogens with one attached hydrogen (secondary N) is 1. The van der Waals surface area contributed by atoms with Crippen molar-refractivity contribution in [2.24, 2.45) is 0 Å². The molecule has 0 aromatic carbocycles. The second-order valence-corrected chi connectivity index (χ2v) is 3.73. The SMILES string of the molecule is CCCNCCOCC(O)(CC)CC. The predicted molar refractivity (Wildman–Crippen MR) is 59.5 cm³/mol. The van der Waals surface area contributed by atoms with Crippen LogP contribution in [0.5, 0.6) is 0 Å². The van der Waals surface area contributed by atoms with Gasteiger partial charge in [-0.1, -0.05) is 20.8 Å². The van der Waals surface area contributed by atoms with Gasteiger partial charge in [-0.3, -0.25) is 0 Å². The molecule has 0 saturated carbocycles. The average molecular weight is 203 g/mol. The molecule has 0 bridgehead atoms. The number of rotatable bonds is 9. The Balaban J connectivity index is 3.34. The van der Waals surface area contributed by atoms with Crippen LogP contribution in [0.2, 0.25) is 0 Å². The predicted octanol–water partition coefficient (Wildman–Crippen LogP) is 1.55. The quantitative estimate of drug-likeness (QED) is 0.559. The summed E-state index contributed by atoms with van der Waals surface area (Å²) in [6, 6.07) is 0. The molecule has 0 unspecified atom stereocenters. The second-order valence-electron chi connectivity index (χ2n) is 3.73. The van der Waals surface area contributed by atoms with Gasteiger partial charge in [0.1, 0.15) is 0 Å². The van der Waals surface area contributed by atoms with Gasteiger partial charge in [0.2, 0.25) is 0 Å². The Labute approximate surface area is 87.8 Å². The summed E-state index contributed by atoms with van der Waals surface area (Å²) in [6.07, 6.45) is 2.66. The van der Waals surface area contributed by atoms with E-state index in [1.807, 2.05) is 13.8 Å². The molecule has 0 aliphatic rings. The molecule has 0 amide bonds. The van der Waals surface area contributed by atoms with Crippen LogP contribution in [0.15, 0.2) is 0 Å². The molecule has 0 aliphatic carbocycles. The Morgan fingerprint density at radius 2 is 1.79 bits per heavy atom. The number of ether oxygens (including phenoxy) is 1. The first-order valence-electron chi connectivity index (χ1n) is 5.69. The third-order valence-corrected chi connectivity index (χ3v) is 2.54. The van der Waals surface area contributed by atoms with Crippen molar-refractivity contribution in [1.82, 2.24) is 5.32 Å². The molecule has 0 aromatic rings. The molecule has 0 rings (SSSR count). The van der Waals surface area contributed by atoms with Crippen molar-refractivity contribution in [3.63, 3.8) is 0 Å². The van der Waals surface area contributed by atoms with E-state index in [0.29, 0.717) is 13.2 Å². The third-order valence-electron chi connectivity index (χ3n) is 2.54. The Bertz CT molecular complexity index is 124. The van der Waals surface area contributed by atoms with Gasteiger partial charge in [0.25, 0.3) is 0 Å². The van der Waals surface area contributed by atoms with Gasteiger partial charge in [0.05, 0.1) is 18.8 Å². The molecular formula is C11H25NO2. The zero-order chi connectivity index (χ0) is 10.9. The van der Waals surface area contributed by atoms with Gasteiger partial charge in [-0.15, -0.1) is 0 Å². The van der Waals surface area contributed by atoms with Crippen molar-refractivity contribution in [1.29, 1.82) is 0 Å². The highest BCUT2D eigenvalue weighted by Gasteiger charge is 2.21. The molecule has 0 saturated heterocycles. The normalized spacial score (nSPS) is 12.0. The molecule has 86 valence electrons. The number of hydrogen-bond donors (Lipinski definition) is 2. The average Bonchev–Trinajstić information content (AvgIpc) is 2.23. The van der Waals surface area contributed by atoms with Crippen molar-refractivity contribution >= 4 is 0 Å². The molecule has 0 heterocycles. The largest absolute Gasteiger partial charge is 0.388 e. The summed E-state index contributed by atoms with van der Waals surface area (Å²) in [5, 5.41) is 13.1. The standard InChI is InChI=1S/C11H25NO2/c1-4-7-12-8-9-14-10-11(13,5-2)6-3/h12-13H,4-10H2,1-3H3. The maximum absolute atomic E-state index is 9.89. The van der Waals surface area contributed by atoms with Crippen LogP contribution < -0.4 is 5.32 Å². The lowest BCUT2D eigenvalue weighted by molar-refractivity contribution is -0.0501. The summed E-state index contributed by atoms with van der Waals surface area (Å²) in [5.74, 6) is 0. The fraction of sp³-hybridized carbons (Fsp3) is 1.00. The van der Waals surface area contributed by atoms with Crippen molar-refractivity contribution < 1.29 is 9.84 Å². The minimum absolute atomic E-state index is 0.452. The maximum Gasteiger partial charge on any atom is 0.0874 e.